The van der Waals surface area contributed by atoms with Crippen molar-refractivity contribution in [2.24, 2.45) is 0 Å². The number of carbonyl (C=O) groups is 1. The molecule has 2 N–H and O–H groups in total. The van der Waals surface area contributed by atoms with Crippen LogP contribution in [-0.4, -0.2) is 48.2 Å². The van der Waals surface area contributed by atoms with Crippen molar-refractivity contribution in [3.05, 3.63) is 83.9 Å². The summed E-state index contributed by atoms with van der Waals surface area (Å²) >= 11 is 0. The fourth-order valence-electron chi connectivity index (χ4n) is 3.09. The van der Waals surface area contributed by atoms with Crippen LogP contribution in [0.2, 0.25) is 0 Å². The van der Waals surface area contributed by atoms with E-state index in [0.717, 1.165) is 20.7 Å². The maximum Gasteiger partial charge on any atom is 0.416 e. The molecule has 0 radical (unpaired) electrons. The average Bonchev–Trinajstić information content (AvgIpc) is 2.83. The van der Waals surface area contributed by atoms with Crippen molar-refractivity contribution in [3.8, 4) is 0 Å². The Hall–Kier alpha value is -3.62. The minimum atomic E-state index is -4.62. The second-order valence-corrected chi connectivity index (χ2v) is 11.8. The zero-order valence-corrected chi connectivity index (χ0v) is 21.4. The average molecular weight is 557 g/mol. The molecule has 0 aliphatic rings. The fraction of sp³-hybridized carbons (Fsp3) is 0.174. The number of nitrogens with zero attached hydrogens (tertiary/aromatic N) is 2. The Balaban J connectivity index is 1.70. The first kappa shape index (κ1) is 28.0. The van der Waals surface area contributed by atoms with Crippen molar-refractivity contribution < 1.29 is 34.8 Å². The van der Waals surface area contributed by atoms with Gasteiger partial charge in [-0.25, -0.2) is 8.42 Å². The smallest absolute Gasteiger partial charge is 0.322 e. The van der Waals surface area contributed by atoms with Crippen LogP contribution in [0, 0.1) is 0 Å². The maximum absolute atomic E-state index is 12.9. The molecule has 0 unspecified atom stereocenters. The fourth-order valence-corrected chi connectivity index (χ4v) is 5.02. The van der Waals surface area contributed by atoms with E-state index in [4.69, 9.17) is 0 Å². The lowest BCUT2D eigenvalue weighted by Gasteiger charge is -2.23. The molecule has 0 bridgehead atoms. The van der Waals surface area contributed by atoms with Crippen molar-refractivity contribution >= 4 is 43.2 Å². The highest BCUT2D eigenvalue weighted by Gasteiger charge is 2.30. The Morgan fingerprint density at radius 2 is 1.41 bits per heavy atom. The van der Waals surface area contributed by atoms with E-state index >= 15 is 0 Å². The maximum atomic E-state index is 12.9. The zero-order valence-electron chi connectivity index (χ0n) is 19.8. The van der Waals surface area contributed by atoms with Crippen LogP contribution in [0.15, 0.2) is 77.7 Å². The molecule has 0 saturated carbocycles. The Labute approximate surface area is 212 Å². The van der Waals surface area contributed by atoms with E-state index in [2.05, 4.69) is 10.0 Å². The summed E-state index contributed by atoms with van der Waals surface area (Å²) in [7, 11) is -3.72. The molecule has 0 aromatic heterocycles. The number of hydrogen-bond donors (Lipinski definition) is 2. The Morgan fingerprint density at radius 3 is 1.95 bits per heavy atom. The van der Waals surface area contributed by atoms with E-state index in [-0.39, 0.29) is 21.8 Å². The molecule has 3 aromatic carbocycles. The first-order valence-corrected chi connectivity index (χ1v) is 13.4. The first-order valence-electron chi connectivity index (χ1n) is 10.5. The van der Waals surface area contributed by atoms with Crippen LogP contribution < -0.4 is 14.3 Å². The number of alkyl halides is 3. The summed E-state index contributed by atoms with van der Waals surface area (Å²) in [6.07, 6.45) is -4.62. The van der Waals surface area contributed by atoms with Gasteiger partial charge in [-0.15, -0.1) is 0 Å². The quantitative estimate of drug-likeness (QED) is 0.435. The van der Waals surface area contributed by atoms with Gasteiger partial charge < -0.3 is 5.32 Å². The summed E-state index contributed by atoms with van der Waals surface area (Å²) in [5, 5.41) is 2.59. The third-order valence-electron chi connectivity index (χ3n) is 5.17. The molecule has 3 rings (SSSR count). The topological polar surface area (TPSA) is 116 Å². The predicted octanol–water partition coefficient (Wildman–Crippen LogP) is 4.00. The van der Waals surface area contributed by atoms with Gasteiger partial charge in [-0.3, -0.25) is 13.8 Å². The van der Waals surface area contributed by atoms with Gasteiger partial charge in [0.25, 0.3) is 15.9 Å². The summed E-state index contributed by atoms with van der Waals surface area (Å²) in [6.45, 7) is 0. The third-order valence-corrected chi connectivity index (χ3v) is 8.39. The van der Waals surface area contributed by atoms with Crippen molar-refractivity contribution in [1.82, 2.24) is 4.31 Å². The standard InChI is InChI=1S/C23H23F3N4O5S2/c1-29(2)37(34,35)30(3)20-11-7-16(8-12-20)22(31)27-18-9-13-21(14-10-18)36(32,33)28-19-6-4-5-17(15-19)23(24,25)26/h4-15,28H,1-3H3,(H,27,31). The second kappa shape index (κ2) is 10.4. The van der Waals surface area contributed by atoms with Gasteiger partial charge in [0.05, 0.1) is 16.1 Å². The molecule has 0 aliphatic carbocycles. The monoisotopic (exact) mass is 556 g/mol. The molecule has 0 saturated heterocycles. The lowest BCUT2D eigenvalue weighted by atomic mass is 10.2. The largest absolute Gasteiger partial charge is 0.416 e. The van der Waals surface area contributed by atoms with Crippen LogP contribution in [0.3, 0.4) is 0 Å². The molecule has 3 aromatic rings. The molecule has 1 amide bonds. The lowest BCUT2D eigenvalue weighted by Crippen LogP contribution is -2.37. The number of benzene rings is 3. The highest BCUT2D eigenvalue weighted by Crippen LogP contribution is 2.31. The van der Waals surface area contributed by atoms with Crippen molar-refractivity contribution in [1.29, 1.82) is 0 Å². The van der Waals surface area contributed by atoms with Crippen LogP contribution in [0.4, 0.5) is 30.2 Å². The molecular weight excluding hydrogens is 533 g/mol. The number of anilines is 3. The van der Waals surface area contributed by atoms with Gasteiger partial charge in [-0.2, -0.15) is 25.9 Å². The first-order chi connectivity index (χ1) is 17.1. The van der Waals surface area contributed by atoms with E-state index in [9.17, 15) is 34.8 Å². The van der Waals surface area contributed by atoms with Gasteiger partial charge in [0, 0.05) is 38.1 Å². The van der Waals surface area contributed by atoms with Gasteiger partial charge in [0.15, 0.2) is 0 Å². The lowest BCUT2D eigenvalue weighted by molar-refractivity contribution is -0.137. The molecule has 0 spiro atoms. The highest BCUT2D eigenvalue weighted by molar-refractivity contribution is 7.92. The summed E-state index contributed by atoms with van der Waals surface area (Å²) < 4.78 is 92.5. The van der Waals surface area contributed by atoms with Crippen LogP contribution in [-0.2, 0) is 26.4 Å². The van der Waals surface area contributed by atoms with Crippen LogP contribution in [0.1, 0.15) is 15.9 Å². The van der Waals surface area contributed by atoms with E-state index in [1.165, 1.54) is 75.7 Å². The number of nitrogens with one attached hydrogen (secondary N) is 2. The SMILES string of the molecule is CN(C)S(=O)(=O)N(C)c1ccc(C(=O)Nc2ccc(S(=O)(=O)Nc3cccc(C(F)(F)F)c3)cc2)cc1. The molecule has 9 nitrogen and oxygen atoms in total. The Bertz CT molecular complexity index is 1490. The van der Waals surface area contributed by atoms with Crippen LogP contribution in [0.5, 0.6) is 0 Å². The van der Waals surface area contributed by atoms with Crippen molar-refractivity contribution in [3.63, 3.8) is 0 Å². The second-order valence-electron chi connectivity index (χ2n) is 7.97. The molecule has 0 heterocycles. The minimum Gasteiger partial charge on any atom is -0.322 e. The van der Waals surface area contributed by atoms with E-state index in [1.807, 2.05) is 0 Å². The van der Waals surface area contributed by atoms with Gasteiger partial charge in [0.1, 0.15) is 0 Å². The number of hydrogen-bond acceptors (Lipinski definition) is 5. The Morgan fingerprint density at radius 1 is 0.811 bits per heavy atom. The molecule has 198 valence electrons. The number of sulfonamides is 1. The van der Waals surface area contributed by atoms with Gasteiger partial charge >= 0.3 is 16.4 Å². The Kier molecular flexibility index (Phi) is 7.86. The summed E-state index contributed by atoms with van der Waals surface area (Å²) in [5.74, 6) is -0.526. The van der Waals surface area contributed by atoms with E-state index < -0.39 is 37.9 Å². The van der Waals surface area contributed by atoms with Crippen molar-refractivity contribution in [2.75, 3.05) is 35.5 Å². The third kappa shape index (κ3) is 6.58. The summed E-state index contributed by atoms with van der Waals surface area (Å²) in [5.41, 5.74) is -0.417. The molecular formula is C23H23F3N4O5S2. The normalized spacial score (nSPS) is 12.3. The minimum absolute atomic E-state index is 0.224. The molecule has 0 atom stereocenters. The number of carbonyl (C=O) groups excluding carboxylic acids is 1. The number of rotatable bonds is 8. The number of halogens is 3. The molecule has 14 heteroatoms. The molecule has 0 fully saturated rings. The van der Waals surface area contributed by atoms with Crippen LogP contribution >= 0.6 is 0 Å². The van der Waals surface area contributed by atoms with E-state index in [1.54, 1.807) is 0 Å². The van der Waals surface area contributed by atoms with Gasteiger partial charge in [-0.1, -0.05) is 6.07 Å². The van der Waals surface area contributed by atoms with Gasteiger partial charge in [0.2, 0.25) is 0 Å². The van der Waals surface area contributed by atoms with E-state index in [0.29, 0.717) is 11.8 Å². The zero-order chi connectivity index (χ0) is 27.6. The van der Waals surface area contributed by atoms with Crippen LogP contribution in [0.25, 0.3) is 0 Å². The predicted molar refractivity (Wildman–Crippen MR) is 134 cm³/mol. The summed E-state index contributed by atoms with van der Waals surface area (Å²) in [6, 6.07) is 14.6. The molecule has 0 aliphatic heterocycles. The van der Waals surface area contributed by atoms with Gasteiger partial charge in [-0.05, 0) is 66.7 Å². The van der Waals surface area contributed by atoms with Crippen molar-refractivity contribution in [2.45, 2.75) is 11.1 Å². The summed E-state index contributed by atoms with van der Waals surface area (Å²) in [4.78, 5) is 12.3. The highest BCUT2D eigenvalue weighted by atomic mass is 32.2. The number of amides is 1. The molecule has 37 heavy (non-hydrogen) atoms.